The van der Waals surface area contributed by atoms with E-state index >= 15 is 0 Å². The average Bonchev–Trinajstić information content (AvgIpc) is 3.05. The number of nitrogens with zero attached hydrogens (tertiary/aromatic N) is 6. The molecule has 0 saturated carbocycles. The SMILES string of the molecule is Cc1ccc(OCCN(CCCCc2ccc3c(n2)NCCC3)CCC(Nc2cc(C)nc(-c3ccncc3)n2)C(=O)O)cn1. The monoisotopic (exact) mass is 610 g/mol. The second-order valence-corrected chi connectivity index (χ2v) is 11.4. The highest BCUT2D eigenvalue weighted by Crippen LogP contribution is 2.21. The molecule has 5 rings (SSSR count). The topological polar surface area (TPSA) is 138 Å². The molecule has 0 aliphatic carbocycles. The summed E-state index contributed by atoms with van der Waals surface area (Å²) in [6.07, 6.45) is 10.6. The molecule has 1 atom stereocenters. The van der Waals surface area contributed by atoms with Gasteiger partial charge in [-0.05, 0) is 94.8 Å². The molecule has 1 aliphatic rings. The van der Waals surface area contributed by atoms with E-state index in [4.69, 9.17) is 9.72 Å². The van der Waals surface area contributed by atoms with Crippen LogP contribution in [0, 0.1) is 13.8 Å². The van der Waals surface area contributed by atoms with Gasteiger partial charge >= 0.3 is 5.97 Å². The number of hydrogen-bond acceptors (Lipinski definition) is 10. The van der Waals surface area contributed by atoms with Gasteiger partial charge in [-0.15, -0.1) is 0 Å². The molecule has 5 heterocycles. The summed E-state index contributed by atoms with van der Waals surface area (Å²) < 4.78 is 5.96. The highest BCUT2D eigenvalue weighted by molar-refractivity contribution is 5.77. The zero-order valence-corrected chi connectivity index (χ0v) is 26.1. The number of aryl methyl sites for hydroxylation is 4. The van der Waals surface area contributed by atoms with Gasteiger partial charge in [-0.1, -0.05) is 6.07 Å². The van der Waals surface area contributed by atoms with Crippen molar-refractivity contribution in [2.24, 2.45) is 0 Å². The Morgan fingerprint density at radius 1 is 1.02 bits per heavy atom. The zero-order chi connectivity index (χ0) is 31.4. The third-order valence-electron chi connectivity index (χ3n) is 7.82. The summed E-state index contributed by atoms with van der Waals surface area (Å²) in [7, 11) is 0. The maximum atomic E-state index is 12.3. The molecule has 0 spiro atoms. The molecule has 236 valence electrons. The Bertz CT molecular complexity index is 1530. The molecule has 45 heavy (non-hydrogen) atoms. The van der Waals surface area contributed by atoms with Crippen molar-refractivity contribution in [1.82, 2.24) is 29.8 Å². The van der Waals surface area contributed by atoms with E-state index in [9.17, 15) is 9.90 Å². The number of nitrogens with one attached hydrogen (secondary N) is 2. The van der Waals surface area contributed by atoms with Crippen LogP contribution in [-0.4, -0.2) is 79.7 Å². The minimum Gasteiger partial charge on any atom is -0.491 e. The Balaban J connectivity index is 1.18. The summed E-state index contributed by atoms with van der Waals surface area (Å²) in [5.41, 5.74) is 4.91. The number of rotatable bonds is 16. The summed E-state index contributed by atoms with van der Waals surface area (Å²) in [4.78, 5) is 36.9. The van der Waals surface area contributed by atoms with Gasteiger partial charge in [-0.3, -0.25) is 14.9 Å². The maximum Gasteiger partial charge on any atom is 0.326 e. The van der Waals surface area contributed by atoms with Crippen LogP contribution >= 0.6 is 0 Å². The van der Waals surface area contributed by atoms with Crippen molar-refractivity contribution in [3.8, 4) is 17.1 Å². The van der Waals surface area contributed by atoms with Crippen molar-refractivity contribution in [1.29, 1.82) is 0 Å². The maximum absolute atomic E-state index is 12.3. The fraction of sp³-hybridized carbons (Fsp3) is 0.412. The van der Waals surface area contributed by atoms with E-state index in [1.807, 2.05) is 38.1 Å². The first-order valence-corrected chi connectivity index (χ1v) is 15.7. The number of anilines is 2. The molecule has 3 N–H and O–H groups in total. The lowest BCUT2D eigenvalue weighted by Crippen LogP contribution is -2.37. The van der Waals surface area contributed by atoms with Crippen LogP contribution in [0.25, 0.3) is 11.4 Å². The Labute approximate surface area is 264 Å². The van der Waals surface area contributed by atoms with Gasteiger partial charge in [-0.25, -0.2) is 19.7 Å². The second kappa shape index (κ2) is 15.9. The normalized spacial score (nSPS) is 13.1. The minimum absolute atomic E-state index is 0.396. The molecule has 0 fully saturated rings. The van der Waals surface area contributed by atoms with Crippen molar-refractivity contribution in [3.05, 3.63) is 83.7 Å². The minimum atomic E-state index is -0.925. The van der Waals surface area contributed by atoms with Gasteiger partial charge in [0.25, 0.3) is 0 Å². The largest absolute Gasteiger partial charge is 0.491 e. The Morgan fingerprint density at radius 3 is 2.69 bits per heavy atom. The fourth-order valence-electron chi connectivity index (χ4n) is 5.34. The lowest BCUT2D eigenvalue weighted by molar-refractivity contribution is -0.138. The Hall–Kier alpha value is -4.64. The average molecular weight is 611 g/mol. The van der Waals surface area contributed by atoms with Gasteiger partial charge in [0.1, 0.15) is 30.0 Å². The highest BCUT2D eigenvalue weighted by atomic mass is 16.5. The molecule has 0 aromatic carbocycles. The number of carbonyl (C=O) groups is 1. The van der Waals surface area contributed by atoms with Crippen molar-refractivity contribution >= 4 is 17.6 Å². The fourth-order valence-corrected chi connectivity index (χ4v) is 5.34. The van der Waals surface area contributed by atoms with Crippen LogP contribution < -0.4 is 15.4 Å². The molecule has 4 aromatic heterocycles. The van der Waals surface area contributed by atoms with Crippen LogP contribution in [0.3, 0.4) is 0 Å². The van der Waals surface area contributed by atoms with Crippen molar-refractivity contribution in [2.75, 3.05) is 43.4 Å². The van der Waals surface area contributed by atoms with Crippen LogP contribution in [0.4, 0.5) is 11.6 Å². The van der Waals surface area contributed by atoms with Crippen LogP contribution in [-0.2, 0) is 17.6 Å². The van der Waals surface area contributed by atoms with Crippen molar-refractivity contribution in [2.45, 2.75) is 58.4 Å². The quantitative estimate of drug-likeness (QED) is 0.148. The van der Waals surface area contributed by atoms with Gasteiger partial charge in [0, 0.05) is 60.7 Å². The predicted octanol–water partition coefficient (Wildman–Crippen LogP) is 4.96. The lowest BCUT2D eigenvalue weighted by Gasteiger charge is -2.25. The Kier molecular flexibility index (Phi) is 11.2. The van der Waals surface area contributed by atoms with Crippen molar-refractivity contribution in [3.63, 3.8) is 0 Å². The third kappa shape index (κ3) is 9.67. The zero-order valence-electron chi connectivity index (χ0n) is 26.1. The Morgan fingerprint density at radius 2 is 1.89 bits per heavy atom. The van der Waals surface area contributed by atoms with Crippen molar-refractivity contribution < 1.29 is 14.6 Å². The number of fused-ring (bicyclic) bond motifs is 1. The first-order chi connectivity index (χ1) is 21.9. The van der Waals surface area contributed by atoms with Crippen LogP contribution in [0.1, 0.15) is 48.3 Å². The van der Waals surface area contributed by atoms with E-state index in [0.29, 0.717) is 37.8 Å². The van der Waals surface area contributed by atoms with Gasteiger partial charge in [0.15, 0.2) is 5.82 Å². The molecule has 0 radical (unpaired) electrons. The molecule has 0 amide bonds. The molecule has 0 bridgehead atoms. The molecule has 1 aliphatic heterocycles. The summed E-state index contributed by atoms with van der Waals surface area (Å²) in [5.74, 6) is 1.84. The van der Waals surface area contributed by atoms with E-state index in [2.05, 4.69) is 47.6 Å². The number of carboxylic acid groups (broad SMARTS) is 1. The van der Waals surface area contributed by atoms with E-state index in [0.717, 1.165) is 79.4 Å². The first kappa shape index (κ1) is 31.8. The number of hydrogen-bond donors (Lipinski definition) is 3. The predicted molar refractivity (Wildman–Crippen MR) is 175 cm³/mol. The molecule has 4 aromatic rings. The molecule has 11 nitrogen and oxygen atoms in total. The van der Waals surface area contributed by atoms with Gasteiger partial charge in [0.2, 0.25) is 0 Å². The van der Waals surface area contributed by atoms with Crippen LogP contribution in [0.2, 0.25) is 0 Å². The van der Waals surface area contributed by atoms with Crippen LogP contribution in [0.15, 0.2) is 61.1 Å². The molecular weight excluding hydrogens is 568 g/mol. The number of ether oxygens (including phenoxy) is 1. The van der Waals surface area contributed by atoms with E-state index in [-0.39, 0.29) is 0 Å². The van der Waals surface area contributed by atoms with Gasteiger partial charge < -0.3 is 20.5 Å². The summed E-state index contributed by atoms with van der Waals surface area (Å²) in [6.45, 7) is 7.35. The summed E-state index contributed by atoms with van der Waals surface area (Å²) in [5, 5.41) is 16.7. The summed E-state index contributed by atoms with van der Waals surface area (Å²) in [6, 6.07) is 12.8. The van der Waals surface area contributed by atoms with Gasteiger partial charge in [0.05, 0.1) is 6.20 Å². The number of aliphatic carboxylic acids is 1. The van der Waals surface area contributed by atoms with Crippen LogP contribution in [0.5, 0.6) is 5.75 Å². The lowest BCUT2D eigenvalue weighted by atomic mass is 10.1. The standard InChI is InChI=1S/C34H42N8O3/c1-24-8-11-29(23-37-24)45-21-20-42(18-4-3-7-28-10-9-26-6-5-15-36-32(26)39-28)19-14-30(34(43)44)40-31-22-25(2)38-33(41-31)27-12-16-35-17-13-27/h8-13,16-17,22-23,30H,3-7,14-15,18-21H2,1-2H3,(H,36,39)(H,43,44)(H,38,40,41). The van der Waals surface area contributed by atoms with Gasteiger partial charge in [-0.2, -0.15) is 0 Å². The number of pyridine rings is 3. The van der Waals surface area contributed by atoms with E-state index in [1.54, 1.807) is 24.7 Å². The second-order valence-electron chi connectivity index (χ2n) is 11.4. The number of unbranched alkanes of at least 4 members (excludes halogenated alkanes) is 1. The molecular formula is C34H42N8O3. The highest BCUT2D eigenvalue weighted by Gasteiger charge is 2.20. The summed E-state index contributed by atoms with van der Waals surface area (Å²) >= 11 is 0. The molecule has 0 saturated heterocycles. The number of aromatic nitrogens is 5. The molecule has 1 unspecified atom stereocenters. The smallest absolute Gasteiger partial charge is 0.326 e. The van der Waals surface area contributed by atoms with E-state index < -0.39 is 12.0 Å². The van der Waals surface area contributed by atoms with E-state index in [1.165, 1.54) is 5.56 Å². The number of carboxylic acids is 1. The first-order valence-electron chi connectivity index (χ1n) is 15.7. The third-order valence-corrected chi connectivity index (χ3v) is 7.82. The molecule has 11 heteroatoms.